The van der Waals surface area contributed by atoms with Crippen LogP contribution in [0.2, 0.25) is 0 Å². The van der Waals surface area contributed by atoms with Gasteiger partial charge in [0.1, 0.15) is 0 Å². The monoisotopic (exact) mass is 250 g/mol. The molecular formula is C11H10N2OS2. The van der Waals surface area contributed by atoms with Gasteiger partial charge in [0, 0.05) is 11.1 Å². The predicted octanol–water partition coefficient (Wildman–Crippen LogP) is 2.93. The van der Waals surface area contributed by atoms with Crippen molar-refractivity contribution in [3.8, 4) is 10.6 Å². The Hall–Kier alpha value is -1.17. The molecule has 0 atom stereocenters. The number of nitrogens with zero attached hydrogens (tertiary/aromatic N) is 2. The molecular weight excluding hydrogens is 240 g/mol. The van der Waals surface area contributed by atoms with Crippen LogP contribution in [0, 0.1) is 6.92 Å². The Kier molecular flexibility index (Phi) is 2.31. The van der Waals surface area contributed by atoms with Crippen LogP contribution in [0.15, 0.2) is 23.7 Å². The summed E-state index contributed by atoms with van der Waals surface area (Å²) in [5, 5.41) is 11.2. The minimum Gasteiger partial charge on any atom is -0.390 e. The van der Waals surface area contributed by atoms with Crippen LogP contribution in [0.25, 0.3) is 15.5 Å². The third-order valence-electron chi connectivity index (χ3n) is 2.46. The summed E-state index contributed by atoms with van der Waals surface area (Å²) >= 11 is 3.38. The van der Waals surface area contributed by atoms with Gasteiger partial charge in [0.25, 0.3) is 0 Å². The van der Waals surface area contributed by atoms with Gasteiger partial charge in [-0.2, -0.15) is 0 Å². The number of imidazole rings is 1. The molecule has 0 fully saturated rings. The Morgan fingerprint density at radius 1 is 1.50 bits per heavy atom. The fourth-order valence-corrected chi connectivity index (χ4v) is 3.65. The summed E-state index contributed by atoms with van der Waals surface area (Å²) in [7, 11) is 0. The van der Waals surface area contributed by atoms with Gasteiger partial charge in [-0.3, -0.25) is 4.40 Å². The number of thiazole rings is 1. The molecule has 0 aliphatic rings. The molecule has 5 heteroatoms. The van der Waals surface area contributed by atoms with E-state index in [1.54, 1.807) is 22.7 Å². The molecule has 3 aromatic heterocycles. The number of thiophene rings is 1. The molecule has 0 saturated heterocycles. The molecule has 3 heterocycles. The summed E-state index contributed by atoms with van der Waals surface area (Å²) in [4.78, 5) is 7.81. The Balaban J connectivity index is 2.29. The van der Waals surface area contributed by atoms with E-state index in [0.717, 1.165) is 10.7 Å². The van der Waals surface area contributed by atoms with Crippen LogP contribution >= 0.6 is 22.7 Å². The van der Waals surface area contributed by atoms with E-state index in [-0.39, 0.29) is 6.61 Å². The maximum Gasteiger partial charge on any atom is 0.194 e. The molecule has 82 valence electrons. The van der Waals surface area contributed by atoms with Crippen molar-refractivity contribution in [1.29, 1.82) is 0 Å². The number of hydrogen-bond donors (Lipinski definition) is 1. The van der Waals surface area contributed by atoms with Gasteiger partial charge in [0.15, 0.2) is 4.96 Å². The number of rotatable bonds is 2. The molecule has 16 heavy (non-hydrogen) atoms. The topological polar surface area (TPSA) is 37.5 Å². The van der Waals surface area contributed by atoms with Gasteiger partial charge < -0.3 is 5.11 Å². The number of fused-ring (bicyclic) bond motifs is 1. The highest BCUT2D eigenvalue weighted by atomic mass is 32.1. The van der Waals surface area contributed by atoms with Gasteiger partial charge in [-0.1, -0.05) is 6.07 Å². The van der Waals surface area contributed by atoms with Crippen molar-refractivity contribution in [2.45, 2.75) is 13.5 Å². The largest absolute Gasteiger partial charge is 0.390 e. The quantitative estimate of drug-likeness (QED) is 0.759. The maximum absolute atomic E-state index is 9.08. The van der Waals surface area contributed by atoms with Gasteiger partial charge in [-0.05, 0) is 18.4 Å². The molecule has 0 aromatic carbocycles. The first kappa shape index (κ1) is 10.0. The van der Waals surface area contributed by atoms with Gasteiger partial charge in [0.05, 0.1) is 22.9 Å². The van der Waals surface area contributed by atoms with E-state index in [4.69, 9.17) is 5.11 Å². The van der Waals surface area contributed by atoms with Gasteiger partial charge in [-0.25, -0.2) is 4.98 Å². The lowest BCUT2D eigenvalue weighted by Gasteiger charge is -1.96. The smallest absolute Gasteiger partial charge is 0.194 e. The fraction of sp³-hybridized carbons (Fsp3) is 0.182. The van der Waals surface area contributed by atoms with Crippen molar-refractivity contribution >= 4 is 27.6 Å². The lowest BCUT2D eigenvalue weighted by molar-refractivity contribution is 0.277. The minimum absolute atomic E-state index is 0.00265. The molecule has 0 radical (unpaired) electrons. The van der Waals surface area contributed by atoms with Crippen molar-refractivity contribution in [2.75, 3.05) is 0 Å². The highest BCUT2D eigenvalue weighted by Gasteiger charge is 2.13. The van der Waals surface area contributed by atoms with Crippen molar-refractivity contribution < 1.29 is 5.11 Å². The van der Waals surface area contributed by atoms with Gasteiger partial charge >= 0.3 is 0 Å². The molecule has 0 aliphatic heterocycles. The van der Waals surface area contributed by atoms with Crippen LogP contribution in [0.4, 0.5) is 0 Å². The highest BCUT2D eigenvalue weighted by molar-refractivity contribution is 7.18. The second-order valence-electron chi connectivity index (χ2n) is 3.53. The Morgan fingerprint density at radius 3 is 3.06 bits per heavy atom. The highest BCUT2D eigenvalue weighted by Crippen LogP contribution is 2.33. The maximum atomic E-state index is 9.08. The molecule has 0 unspecified atom stereocenters. The average molecular weight is 250 g/mol. The van der Waals surface area contributed by atoms with E-state index in [2.05, 4.69) is 27.8 Å². The van der Waals surface area contributed by atoms with Crippen LogP contribution in [0.1, 0.15) is 10.6 Å². The zero-order chi connectivity index (χ0) is 11.1. The molecule has 0 spiro atoms. The molecule has 1 N–H and O–H groups in total. The number of aliphatic hydroxyl groups excluding tert-OH is 1. The number of aromatic nitrogens is 2. The van der Waals surface area contributed by atoms with E-state index < -0.39 is 0 Å². The van der Waals surface area contributed by atoms with Crippen molar-refractivity contribution in [1.82, 2.24) is 9.38 Å². The van der Waals surface area contributed by atoms with Crippen LogP contribution in [0.3, 0.4) is 0 Å². The normalized spacial score (nSPS) is 11.4. The van der Waals surface area contributed by atoms with Crippen molar-refractivity contribution in [2.24, 2.45) is 0 Å². The van der Waals surface area contributed by atoms with Crippen LogP contribution in [0.5, 0.6) is 0 Å². The lowest BCUT2D eigenvalue weighted by atomic mass is 10.3. The van der Waals surface area contributed by atoms with E-state index in [0.29, 0.717) is 0 Å². The minimum atomic E-state index is -0.00265. The molecule has 3 rings (SSSR count). The van der Waals surface area contributed by atoms with Crippen molar-refractivity contribution in [3.63, 3.8) is 0 Å². The molecule has 3 aromatic rings. The molecule has 0 aliphatic carbocycles. The molecule has 0 saturated carbocycles. The van der Waals surface area contributed by atoms with Crippen LogP contribution in [-0.2, 0) is 6.61 Å². The van der Waals surface area contributed by atoms with E-state index >= 15 is 0 Å². The molecule has 3 nitrogen and oxygen atoms in total. The summed E-state index contributed by atoms with van der Waals surface area (Å²) in [6.45, 7) is 2.10. The van der Waals surface area contributed by atoms with E-state index in [9.17, 15) is 0 Å². The zero-order valence-electron chi connectivity index (χ0n) is 8.67. The van der Waals surface area contributed by atoms with Gasteiger partial charge in [0.2, 0.25) is 0 Å². The summed E-state index contributed by atoms with van der Waals surface area (Å²) in [5.41, 5.74) is 1.92. The standard InChI is InChI=1S/C11H10N2OS2/c1-7-10(9-3-2-4-15-9)13-5-8(6-14)12-11(13)16-7/h2-5,14H,6H2,1H3. The van der Waals surface area contributed by atoms with E-state index in [1.165, 1.54) is 15.4 Å². The lowest BCUT2D eigenvalue weighted by Crippen LogP contribution is -1.84. The SMILES string of the molecule is Cc1sc2nc(CO)cn2c1-c1cccs1. The molecule has 0 amide bonds. The van der Waals surface area contributed by atoms with Crippen LogP contribution in [-0.4, -0.2) is 14.5 Å². The molecule has 0 bridgehead atoms. The Bertz CT molecular complexity index is 622. The summed E-state index contributed by atoms with van der Waals surface area (Å²) in [6, 6.07) is 4.16. The summed E-state index contributed by atoms with van der Waals surface area (Å²) in [5.74, 6) is 0. The first-order chi connectivity index (χ1) is 7.79. The Morgan fingerprint density at radius 2 is 2.38 bits per heavy atom. The number of hydrogen-bond acceptors (Lipinski definition) is 4. The third-order valence-corrected chi connectivity index (χ3v) is 4.31. The van der Waals surface area contributed by atoms with Gasteiger partial charge in [-0.15, -0.1) is 22.7 Å². The number of aliphatic hydroxyl groups is 1. The van der Waals surface area contributed by atoms with E-state index in [1.807, 2.05) is 12.3 Å². The summed E-state index contributed by atoms with van der Waals surface area (Å²) < 4.78 is 2.07. The van der Waals surface area contributed by atoms with Crippen molar-refractivity contribution in [3.05, 3.63) is 34.3 Å². The zero-order valence-corrected chi connectivity index (χ0v) is 10.3. The second kappa shape index (κ2) is 3.69. The first-order valence-electron chi connectivity index (χ1n) is 4.91. The number of aryl methyl sites for hydroxylation is 1. The Labute approximate surface area is 101 Å². The third kappa shape index (κ3) is 1.40. The predicted molar refractivity (Wildman–Crippen MR) is 67.0 cm³/mol. The second-order valence-corrected chi connectivity index (χ2v) is 5.66. The first-order valence-corrected chi connectivity index (χ1v) is 6.61. The summed E-state index contributed by atoms with van der Waals surface area (Å²) in [6.07, 6.45) is 1.91. The fourth-order valence-electron chi connectivity index (χ4n) is 1.78. The van der Waals surface area contributed by atoms with Crippen LogP contribution < -0.4 is 0 Å². The average Bonchev–Trinajstić information content (AvgIpc) is 2.92.